The summed E-state index contributed by atoms with van der Waals surface area (Å²) in [4.78, 5) is 45.8. The van der Waals surface area contributed by atoms with Gasteiger partial charge >= 0.3 is 11.7 Å². The number of carbonyl (C=O) groups is 2. The highest BCUT2D eigenvalue weighted by Gasteiger charge is 2.26. The Kier molecular flexibility index (Phi) is 7.24. The molecule has 32 heavy (non-hydrogen) atoms. The minimum atomic E-state index is -1.03. The van der Waals surface area contributed by atoms with Crippen LogP contribution in [0.5, 0.6) is 5.75 Å². The molecule has 0 aliphatic carbocycles. The summed E-state index contributed by atoms with van der Waals surface area (Å²) in [6.45, 7) is 5.11. The van der Waals surface area contributed by atoms with Gasteiger partial charge in [-0.15, -0.1) is 11.3 Å². The zero-order valence-electron chi connectivity index (χ0n) is 17.0. The Hall–Kier alpha value is -4.31. The molecule has 1 aromatic heterocycles. The van der Waals surface area contributed by atoms with E-state index in [4.69, 9.17) is 4.74 Å². The summed E-state index contributed by atoms with van der Waals surface area (Å²) in [5.74, 6) is -2.61. The Bertz CT molecular complexity index is 1210. The number of aryl methyl sites for hydroxylation is 1. The number of anilines is 1. The number of hydrogen-bond acceptors (Lipinski definition) is 10. The van der Waals surface area contributed by atoms with Crippen LogP contribution >= 0.6 is 11.3 Å². The van der Waals surface area contributed by atoms with Crippen LogP contribution in [0.25, 0.3) is 6.08 Å². The lowest BCUT2D eigenvalue weighted by Crippen LogP contribution is -2.16. The maximum absolute atomic E-state index is 12.7. The van der Waals surface area contributed by atoms with Gasteiger partial charge in [-0.25, -0.2) is 4.79 Å². The SMILES string of the molecule is CCOC(=O)c1c(NC(=O)/C(C#N)=C/c2cc([N+](=O)[O-])cc([N+](=O)[O-])c2O)sc(C)c1C. The summed E-state index contributed by atoms with van der Waals surface area (Å²) in [6.07, 6.45) is 0.780. The van der Waals surface area contributed by atoms with Gasteiger partial charge in [-0.3, -0.25) is 25.0 Å². The summed E-state index contributed by atoms with van der Waals surface area (Å²) in [7, 11) is 0. The van der Waals surface area contributed by atoms with E-state index in [0.717, 1.165) is 28.4 Å². The fraction of sp³-hybridized carbons (Fsp3) is 0.211. The molecule has 1 heterocycles. The molecular weight excluding hydrogens is 444 g/mol. The zero-order chi connectivity index (χ0) is 24.2. The zero-order valence-corrected chi connectivity index (χ0v) is 17.8. The standard InChI is InChI=1S/C19H16N4O8S/c1-4-31-19(26)15-9(2)10(3)32-18(15)21-17(25)12(8-20)5-11-6-13(22(27)28)7-14(16(11)24)23(29)30/h5-7,24H,4H2,1-3H3,(H,21,25)/b12-5+. The van der Waals surface area contributed by atoms with E-state index in [-0.39, 0.29) is 17.2 Å². The number of benzene rings is 1. The third kappa shape index (κ3) is 4.87. The Morgan fingerprint density at radius 3 is 2.47 bits per heavy atom. The van der Waals surface area contributed by atoms with Crippen molar-refractivity contribution in [1.82, 2.24) is 0 Å². The lowest BCUT2D eigenvalue weighted by atomic mass is 10.1. The molecule has 0 aliphatic heterocycles. The molecule has 12 nitrogen and oxygen atoms in total. The summed E-state index contributed by atoms with van der Waals surface area (Å²) in [6, 6.07) is 2.92. The van der Waals surface area contributed by atoms with Gasteiger partial charge in [0.2, 0.25) is 5.75 Å². The average Bonchev–Trinajstić information content (AvgIpc) is 2.99. The fourth-order valence-corrected chi connectivity index (χ4v) is 3.66. The van der Waals surface area contributed by atoms with Gasteiger partial charge in [0.15, 0.2) is 0 Å². The maximum atomic E-state index is 12.7. The van der Waals surface area contributed by atoms with Crippen molar-refractivity contribution in [3.05, 3.63) is 59.5 Å². The number of nitrogens with one attached hydrogen (secondary N) is 1. The van der Waals surface area contributed by atoms with Crippen molar-refractivity contribution in [3.63, 3.8) is 0 Å². The molecule has 166 valence electrons. The summed E-state index contributed by atoms with van der Waals surface area (Å²) >= 11 is 1.08. The molecular formula is C19H16N4O8S. The highest BCUT2D eigenvalue weighted by Crippen LogP contribution is 2.36. The number of phenols is 1. The smallest absolute Gasteiger partial charge is 0.341 e. The molecule has 0 spiro atoms. The van der Waals surface area contributed by atoms with Gasteiger partial charge in [0.1, 0.15) is 16.6 Å². The van der Waals surface area contributed by atoms with Crippen molar-refractivity contribution >= 4 is 45.7 Å². The predicted octanol–water partition coefficient (Wildman–Crippen LogP) is 3.61. The summed E-state index contributed by atoms with van der Waals surface area (Å²) in [5, 5.41) is 44.2. The van der Waals surface area contributed by atoms with Crippen molar-refractivity contribution in [3.8, 4) is 11.8 Å². The summed E-state index contributed by atoms with van der Waals surface area (Å²) < 4.78 is 4.99. The lowest BCUT2D eigenvalue weighted by Gasteiger charge is -2.07. The second-order valence-electron chi connectivity index (χ2n) is 6.25. The number of aromatic hydroxyl groups is 1. The van der Waals surface area contributed by atoms with Crippen LogP contribution in [0.2, 0.25) is 0 Å². The lowest BCUT2D eigenvalue weighted by molar-refractivity contribution is -0.394. The number of ether oxygens (including phenoxy) is 1. The fourth-order valence-electron chi connectivity index (χ4n) is 2.62. The number of esters is 1. The van der Waals surface area contributed by atoms with Gasteiger partial charge < -0.3 is 15.2 Å². The number of nitriles is 1. The molecule has 13 heteroatoms. The number of amides is 1. The second-order valence-corrected chi connectivity index (χ2v) is 7.47. The number of thiophene rings is 1. The van der Waals surface area contributed by atoms with Crippen molar-refractivity contribution in [1.29, 1.82) is 5.26 Å². The first kappa shape index (κ1) is 24.0. The van der Waals surface area contributed by atoms with Crippen molar-refractivity contribution in [2.45, 2.75) is 20.8 Å². The van der Waals surface area contributed by atoms with E-state index in [1.54, 1.807) is 26.8 Å². The van der Waals surface area contributed by atoms with Crippen LogP contribution in [0.15, 0.2) is 17.7 Å². The average molecular weight is 460 g/mol. The third-order valence-corrected chi connectivity index (χ3v) is 5.39. The highest BCUT2D eigenvalue weighted by molar-refractivity contribution is 7.16. The number of rotatable bonds is 7. The van der Waals surface area contributed by atoms with Gasteiger partial charge in [0, 0.05) is 16.5 Å². The van der Waals surface area contributed by atoms with E-state index >= 15 is 0 Å². The molecule has 2 rings (SSSR count). The van der Waals surface area contributed by atoms with Crippen LogP contribution in [0.4, 0.5) is 16.4 Å². The number of nitro benzene ring substituents is 2. The molecule has 0 unspecified atom stereocenters. The predicted molar refractivity (Wildman–Crippen MR) is 113 cm³/mol. The minimum absolute atomic E-state index is 0.106. The minimum Gasteiger partial charge on any atom is -0.502 e. The largest absolute Gasteiger partial charge is 0.502 e. The monoisotopic (exact) mass is 460 g/mol. The molecule has 2 aromatic rings. The molecule has 0 saturated carbocycles. The number of nitro groups is 2. The first-order valence-electron chi connectivity index (χ1n) is 8.87. The van der Waals surface area contributed by atoms with Crippen LogP contribution < -0.4 is 5.32 Å². The van der Waals surface area contributed by atoms with E-state index in [1.807, 2.05) is 0 Å². The number of carbonyl (C=O) groups excluding carboxylic acids is 2. The normalized spacial score (nSPS) is 10.9. The van der Waals surface area contributed by atoms with E-state index in [2.05, 4.69) is 5.32 Å². The van der Waals surface area contributed by atoms with Gasteiger partial charge in [-0.2, -0.15) is 5.26 Å². The van der Waals surface area contributed by atoms with Crippen LogP contribution in [0, 0.1) is 45.4 Å². The Morgan fingerprint density at radius 1 is 1.28 bits per heavy atom. The van der Waals surface area contributed by atoms with E-state index < -0.39 is 50.0 Å². The van der Waals surface area contributed by atoms with Crippen molar-refractivity contribution in [2.24, 2.45) is 0 Å². The first-order valence-corrected chi connectivity index (χ1v) is 9.69. The van der Waals surface area contributed by atoms with Crippen molar-refractivity contribution < 1.29 is 29.3 Å². The van der Waals surface area contributed by atoms with Crippen LogP contribution in [-0.4, -0.2) is 33.4 Å². The third-order valence-electron chi connectivity index (χ3n) is 4.27. The molecule has 0 fully saturated rings. The molecule has 1 aromatic carbocycles. The van der Waals surface area contributed by atoms with Gasteiger partial charge in [0.05, 0.1) is 28.1 Å². The van der Waals surface area contributed by atoms with Crippen molar-refractivity contribution in [2.75, 3.05) is 11.9 Å². The molecule has 0 radical (unpaired) electrons. The van der Waals surface area contributed by atoms with Gasteiger partial charge in [-0.05, 0) is 32.4 Å². The van der Waals surface area contributed by atoms with E-state index in [9.17, 15) is 40.2 Å². The Labute approximate surface area is 184 Å². The molecule has 2 N–H and O–H groups in total. The molecule has 0 atom stereocenters. The van der Waals surface area contributed by atoms with Crippen LogP contribution in [0.1, 0.15) is 33.3 Å². The van der Waals surface area contributed by atoms with E-state index in [0.29, 0.717) is 11.6 Å². The second kappa shape index (κ2) is 9.67. The summed E-state index contributed by atoms with van der Waals surface area (Å²) in [5.41, 5.74) is -2.06. The quantitative estimate of drug-likeness (QED) is 0.205. The maximum Gasteiger partial charge on any atom is 0.341 e. The molecule has 1 amide bonds. The topological polar surface area (TPSA) is 186 Å². The number of phenolic OH excluding ortho intramolecular Hbond substituents is 1. The van der Waals surface area contributed by atoms with Crippen LogP contribution in [-0.2, 0) is 9.53 Å². The van der Waals surface area contributed by atoms with Gasteiger partial charge in [0.25, 0.3) is 11.6 Å². The molecule has 0 bridgehead atoms. The van der Waals surface area contributed by atoms with Crippen LogP contribution in [0.3, 0.4) is 0 Å². The van der Waals surface area contributed by atoms with Gasteiger partial charge in [-0.1, -0.05) is 0 Å². The Morgan fingerprint density at radius 2 is 1.94 bits per heavy atom. The number of hydrogen-bond donors (Lipinski definition) is 2. The van der Waals surface area contributed by atoms with E-state index in [1.165, 1.54) is 0 Å². The number of non-ortho nitro benzene ring substituents is 1. The number of nitrogens with zero attached hydrogens (tertiary/aromatic N) is 3. The molecule has 0 aliphatic rings. The highest BCUT2D eigenvalue weighted by atomic mass is 32.1. The Balaban J connectivity index is 2.51. The first-order chi connectivity index (χ1) is 15.0. The molecule has 0 saturated heterocycles.